The normalized spacial score (nSPS) is 10.5. The largest absolute Gasteiger partial charge is 0.375 e. The van der Waals surface area contributed by atoms with Crippen molar-refractivity contribution in [1.29, 1.82) is 0 Å². The van der Waals surface area contributed by atoms with E-state index >= 15 is 0 Å². The predicted octanol–water partition coefficient (Wildman–Crippen LogP) is 2.98. The van der Waals surface area contributed by atoms with E-state index in [9.17, 15) is 0 Å². The molecule has 1 aromatic heterocycles. The Hall–Kier alpha value is -1.55. The number of nitrogen functional groups attached to an aromatic ring is 1. The summed E-state index contributed by atoms with van der Waals surface area (Å²) in [5.74, 6) is 0. The number of aryl methyl sites for hydroxylation is 1. The summed E-state index contributed by atoms with van der Waals surface area (Å²) in [6.45, 7) is 5.14. The highest BCUT2D eigenvalue weighted by atomic mass is 32.1. The zero-order valence-electron chi connectivity index (χ0n) is 10.4. The van der Waals surface area contributed by atoms with E-state index in [-0.39, 0.29) is 0 Å². The number of nitrogens with two attached hydrogens (primary N) is 1. The maximum absolute atomic E-state index is 5.64. The lowest BCUT2D eigenvalue weighted by molar-refractivity contribution is 0.928. The number of thiazole rings is 1. The minimum atomic E-state index is 0.634. The van der Waals surface area contributed by atoms with Gasteiger partial charge >= 0.3 is 0 Å². The molecule has 2 rings (SSSR count). The summed E-state index contributed by atoms with van der Waals surface area (Å²) in [5.41, 5.74) is 9.54. The van der Waals surface area contributed by atoms with Crippen LogP contribution in [0.3, 0.4) is 0 Å². The van der Waals surface area contributed by atoms with Crippen LogP contribution >= 0.6 is 11.3 Å². The Morgan fingerprint density at radius 3 is 2.76 bits per heavy atom. The molecule has 3 nitrogen and oxygen atoms in total. The fraction of sp³-hybridized carbons (Fsp3) is 0.308. The highest BCUT2D eigenvalue weighted by molar-refractivity contribution is 7.15. The topological polar surface area (TPSA) is 42.2 Å². The first kappa shape index (κ1) is 11.9. The van der Waals surface area contributed by atoms with Gasteiger partial charge < -0.3 is 10.6 Å². The van der Waals surface area contributed by atoms with Crippen LogP contribution < -0.4 is 10.6 Å². The summed E-state index contributed by atoms with van der Waals surface area (Å²) in [6, 6.07) is 6.37. The number of rotatable bonds is 3. The first-order valence-corrected chi connectivity index (χ1v) is 6.37. The van der Waals surface area contributed by atoms with Crippen LogP contribution in [0.1, 0.15) is 16.0 Å². The van der Waals surface area contributed by atoms with Gasteiger partial charge in [0.2, 0.25) is 0 Å². The van der Waals surface area contributed by atoms with Crippen LogP contribution in [-0.4, -0.2) is 12.0 Å². The van der Waals surface area contributed by atoms with E-state index in [4.69, 9.17) is 5.73 Å². The summed E-state index contributed by atoms with van der Waals surface area (Å²) in [4.78, 5) is 7.49. The van der Waals surface area contributed by atoms with E-state index in [1.807, 2.05) is 6.20 Å². The van der Waals surface area contributed by atoms with Gasteiger partial charge in [-0.3, -0.25) is 0 Å². The molecule has 17 heavy (non-hydrogen) atoms. The molecule has 1 heterocycles. The van der Waals surface area contributed by atoms with Crippen molar-refractivity contribution in [2.75, 3.05) is 17.7 Å². The van der Waals surface area contributed by atoms with Crippen LogP contribution in [0.2, 0.25) is 0 Å². The van der Waals surface area contributed by atoms with Gasteiger partial charge in [0.1, 0.15) is 0 Å². The molecule has 0 saturated heterocycles. The van der Waals surface area contributed by atoms with Gasteiger partial charge in [0.15, 0.2) is 5.13 Å². The molecular weight excluding hydrogens is 230 g/mol. The minimum absolute atomic E-state index is 0.634. The van der Waals surface area contributed by atoms with Crippen molar-refractivity contribution in [2.24, 2.45) is 0 Å². The standard InChI is InChI=1S/C13H17N3S/c1-9-5-4-6-12(10(9)2)16(3)8-11-7-15-13(14)17-11/h4-7H,8H2,1-3H3,(H2,14,15). The first-order chi connectivity index (χ1) is 8.08. The van der Waals surface area contributed by atoms with E-state index < -0.39 is 0 Å². The van der Waals surface area contributed by atoms with Gasteiger partial charge in [-0.2, -0.15) is 0 Å². The molecule has 90 valence electrons. The third-order valence-electron chi connectivity index (χ3n) is 2.95. The van der Waals surface area contributed by atoms with Gasteiger partial charge in [-0.15, -0.1) is 11.3 Å². The fourth-order valence-electron chi connectivity index (χ4n) is 1.86. The van der Waals surface area contributed by atoms with Gasteiger partial charge in [0, 0.05) is 23.8 Å². The molecule has 1 aromatic carbocycles. The summed E-state index contributed by atoms with van der Waals surface area (Å²) < 4.78 is 0. The molecular formula is C13H17N3S. The summed E-state index contributed by atoms with van der Waals surface area (Å²) >= 11 is 1.55. The summed E-state index contributed by atoms with van der Waals surface area (Å²) in [7, 11) is 2.09. The number of hydrogen-bond acceptors (Lipinski definition) is 4. The quantitative estimate of drug-likeness (QED) is 0.906. The van der Waals surface area contributed by atoms with E-state index in [1.165, 1.54) is 21.7 Å². The van der Waals surface area contributed by atoms with Crippen molar-refractivity contribution in [3.8, 4) is 0 Å². The Kier molecular flexibility index (Phi) is 3.33. The lowest BCUT2D eigenvalue weighted by Gasteiger charge is -2.21. The lowest BCUT2D eigenvalue weighted by atomic mass is 10.1. The van der Waals surface area contributed by atoms with Gasteiger partial charge in [-0.25, -0.2) is 4.98 Å². The molecule has 0 amide bonds. The number of benzene rings is 1. The second-order valence-corrected chi connectivity index (χ2v) is 5.39. The number of anilines is 2. The maximum atomic E-state index is 5.64. The van der Waals surface area contributed by atoms with Gasteiger partial charge in [0.05, 0.1) is 6.54 Å². The maximum Gasteiger partial charge on any atom is 0.180 e. The second-order valence-electron chi connectivity index (χ2n) is 4.24. The summed E-state index contributed by atoms with van der Waals surface area (Å²) in [5, 5.41) is 0.634. The van der Waals surface area contributed by atoms with E-state index in [0.717, 1.165) is 6.54 Å². The smallest absolute Gasteiger partial charge is 0.180 e. The van der Waals surface area contributed by atoms with Crippen molar-refractivity contribution < 1.29 is 0 Å². The average Bonchev–Trinajstić information content (AvgIpc) is 2.68. The van der Waals surface area contributed by atoms with Crippen LogP contribution in [0, 0.1) is 13.8 Å². The van der Waals surface area contributed by atoms with E-state index in [2.05, 4.69) is 49.0 Å². The van der Waals surface area contributed by atoms with Crippen molar-refractivity contribution in [3.05, 3.63) is 40.4 Å². The molecule has 0 unspecified atom stereocenters. The number of hydrogen-bond donors (Lipinski definition) is 1. The van der Waals surface area contributed by atoms with E-state index in [1.54, 1.807) is 11.3 Å². The molecule has 2 aromatic rings. The van der Waals surface area contributed by atoms with E-state index in [0.29, 0.717) is 5.13 Å². The molecule has 0 saturated carbocycles. The summed E-state index contributed by atoms with van der Waals surface area (Å²) in [6.07, 6.45) is 1.85. The Morgan fingerprint density at radius 2 is 2.12 bits per heavy atom. The van der Waals surface area contributed by atoms with Crippen molar-refractivity contribution in [1.82, 2.24) is 4.98 Å². The Morgan fingerprint density at radius 1 is 1.35 bits per heavy atom. The minimum Gasteiger partial charge on any atom is -0.375 e. The van der Waals surface area contributed by atoms with Gasteiger partial charge in [-0.1, -0.05) is 12.1 Å². The van der Waals surface area contributed by atoms with Gasteiger partial charge in [0.25, 0.3) is 0 Å². The van der Waals surface area contributed by atoms with Crippen molar-refractivity contribution >= 4 is 22.2 Å². The van der Waals surface area contributed by atoms with Crippen LogP contribution in [0.4, 0.5) is 10.8 Å². The highest BCUT2D eigenvalue weighted by Crippen LogP contribution is 2.24. The molecule has 0 bridgehead atoms. The monoisotopic (exact) mass is 247 g/mol. The molecule has 0 spiro atoms. The zero-order valence-corrected chi connectivity index (χ0v) is 11.2. The average molecular weight is 247 g/mol. The highest BCUT2D eigenvalue weighted by Gasteiger charge is 2.08. The zero-order chi connectivity index (χ0) is 12.4. The Bertz CT molecular complexity index is 519. The predicted molar refractivity (Wildman–Crippen MR) is 74.5 cm³/mol. The number of nitrogens with zero attached hydrogens (tertiary/aromatic N) is 2. The molecule has 2 N–H and O–H groups in total. The second kappa shape index (κ2) is 4.75. The van der Waals surface area contributed by atoms with Crippen LogP contribution in [0.5, 0.6) is 0 Å². The molecule has 0 atom stereocenters. The fourth-order valence-corrected chi connectivity index (χ4v) is 2.60. The van der Waals surface area contributed by atoms with Crippen LogP contribution in [0.15, 0.2) is 24.4 Å². The number of aromatic nitrogens is 1. The molecule has 0 aliphatic carbocycles. The SMILES string of the molecule is Cc1cccc(N(C)Cc2cnc(N)s2)c1C. The Labute approximate surface area is 106 Å². The Balaban J connectivity index is 2.20. The molecule has 0 aliphatic heterocycles. The first-order valence-electron chi connectivity index (χ1n) is 5.55. The molecule has 0 fully saturated rings. The molecule has 4 heteroatoms. The third kappa shape index (κ3) is 2.58. The third-order valence-corrected chi connectivity index (χ3v) is 3.76. The van der Waals surface area contributed by atoms with Crippen molar-refractivity contribution in [2.45, 2.75) is 20.4 Å². The van der Waals surface area contributed by atoms with Gasteiger partial charge in [-0.05, 0) is 31.0 Å². The van der Waals surface area contributed by atoms with Crippen molar-refractivity contribution in [3.63, 3.8) is 0 Å². The van der Waals surface area contributed by atoms with Crippen LogP contribution in [0.25, 0.3) is 0 Å². The van der Waals surface area contributed by atoms with Crippen LogP contribution in [-0.2, 0) is 6.54 Å². The molecule has 0 aliphatic rings. The molecule has 0 radical (unpaired) electrons. The lowest BCUT2D eigenvalue weighted by Crippen LogP contribution is -2.16.